The van der Waals surface area contributed by atoms with Crippen LogP contribution < -0.4 is 0 Å². The van der Waals surface area contributed by atoms with Crippen LogP contribution in [0.1, 0.15) is 15.9 Å². The molecule has 3 aromatic rings. The van der Waals surface area contributed by atoms with Crippen molar-refractivity contribution in [3.8, 4) is 0 Å². The summed E-state index contributed by atoms with van der Waals surface area (Å²) in [6.07, 6.45) is 1.60. The number of benzene rings is 2. The third kappa shape index (κ3) is 2.12. The van der Waals surface area contributed by atoms with E-state index in [0.29, 0.717) is 6.29 Å². The molecule has 112 valence electrons. The van der Waals surface area contributed by atoms with E-state index in [4.69, 9.17) is 0 Å². The normalized spacial score (nSPS) is 11.7. The average molecular weight is 317 g/mol. The molecule has 0 N–H and O–H groups in total. The summed E-state index contributed by atoms with van der Waals surface area (Å²) in [7, 11) is -3.90. The molecule has 0 saturated carbocycles. The topological polar surface area (TPSA) is 56.1 Å². The molecule has 0 unspecified atom stereocenters. The lowest BCUT2D eigenvalue weighted by Gasteiger charge is -2.07. The molecule has 0 radical (unpaired) electrons. The minimum Gasteiger partial charge on any atom is -0.298 e. The minimum absolute atomic E-state index is 0.00351. The Morgan fingerprint density at radius 2 is 1.77 bits per heavy atom. The van der Waals surface area contributed by atoms with Crippen LogP contribution in [0.5, 0.6) is 0 Å². The van der Waals surface area contributed by atoms with Crippen molar-refractivity contribution >= 4 is 27.2 Å². The van der Waals surface area contributed by atoms with Crippen LogP contribution in [-0.4, -0.2) is 18.7 Å². The molecule has 1 aromatic heterocycles. The van der Waals surface area contributed by atoms with Crippen molar-refractivity contribution in [2.75, 3.05) is 0 Å². The number of aryl methyl sites for hydroxylation is 1. The summed E-state index contributed by atoms with van der Waals surface area (Å²) >= 11 is 0. The maximum atomic E-state index is 13.9. The van der Waals surface area contributed by atoms with Crippen molar-refractivity contribution in [3.05, 3.63) is 65.6 Å². The highest BCUT2D eigenvalue weighted by atomic mass is 32.2. The first kappa shape index (κ1) is 14.5. The van der Waals surface area contributed by atoms with Gasteiger partial charge in [-0.2, -0.15) is 0 Å². The zero-order valence-electron chi connectivity index (χ0n) is 11.7. The zero-order valence-corrected chi connectivity index (χ0v) is 12.5. The molecule has 0 atom stereocenters. The van der Waals surface area contributed by atoms with Crippen LogP contribution in [0, 0.1) is 12.7 Å². The highest BCUT2D eigenvalue weighted by Gasteiger charge is 2.22. The fraction of sp³-hybridized carbons (Fsp3) is 0.0625. The van der Waals surface area contributed by atoms with E-state index in [1.165, 1.54) is 30.3 Å². The van der Waals surface area contributed by atoms with E-state index in [0.717, 1.165) is 15.7 Å². The van der Waals surface area contributed by atoms with Crippen molar-refractivity contribution in [3.63, 3.8) is 0 Å². The predicted molar refractivity (Wildman–Crippen MR) is 81.0 cm³/mol. The summed E-state index contributed by atoms with van der Waals surface area (Å²) in [5, 5.41) is 0.00758. The summed E-state index contributed by atoms with van der Waals surface area (Å²) in [5.74, 6) is -0.627. The molecular formula is C16H12FNO3S. The highest BCUT2D eigenvalue weighted by Crippen LogP contribution is 2.27. The first-order chi connectivity index (χ1) is 10.4. The Labute approximate surface area is 126 Å². The fourth-order valence-electron chi connectivity index (χ4n) is 2.35. The Balaban J connectivity index is 2.32. The largest absolute Gasteiger partial charge is 0.298 e. The van der Waals surface area contributed by atoms with Gasteiger partial charge in [0.25, 0.3) is 10.0 Å². The first-order valence-corrected chi connectivity index (χ1v) is 7.96. The lowest BCUT2D eigenvalue weighted by atomic mass is 10.2. The van der Waals surface area contributed by atoms with Crippen LogP contribution in [0.3, 0.4) is 0 Å². The monoisotopic (exact) mass is 317 g/mol. The first-order valence-electron chi connectivity index (χ1n) is 6.52. The number of rotatable bonds is 3. The van der Waals surface area contributed by atoms with E-state index in [2.05, 4.69) is 0 Å². The third-order valence-electron chi connectivity index (χ3n) is 3.48. The fourth-order valence-corrected chi connectivity index (χ4v) is 3.73. The van der Waals surface area contributed by atoms with E-state index in [1.54, 1.807) is 12.1 Å². The second kappa shape index (κ2) is 5.06. The van der Waals surface area contributed by atoms with Crippen molar-refractivity contribution in [1.29, 1.82) is 0 Å². The molecule has 6 heteroatoms. The molecule has 1 heterocycles. The highest BCUT2D eigenvalue weighted by molar-refractivity contribution is 7.90. The minimum atomic E-state index is -3.90. The molecule has 0 saturated heterocycles. The van der Waals surface area contributed by atoms with Gasteiger partial charge in [-0.1, -0.05) is 23.8 Å². The van der Waals surface area contributed by atoms with Gasteiger partial charge in [-0.15, -0.1) is 0 Å². The smallest absolute Gasteiger partial charge is 0.268 e. The Kier molecular flexibility index (Phi) is 3.33. The summed E-state index contributed by atoms with van der Waals surface area (Å²) in [6.45, 7) is 1.85. The molecule has 0 bridgehead atoms. The lowest BCUT2D eigenvalue weighted by Crippen LogP contribution is -2.11. The standard InChI is InChI=1S/C16H12FNO3S/c1-11-5-7-13(8-6-11)22(20,21)18-9-12(10-19)16-14(17)3-2-4-15(16)18/h2-10H,1H3. The van der Waals surface area contributed by atoms with Crippen molar-refractivity contribution in [1.82, 2.24) is 3.97 Å². The number of carbonyl (C=O) groups is 1. The van der Waals surface area contributed by atoms with Crippen LogP contribution >= 0.6 is 0 Å². The molecule has 0 aliphatic heterocycles. The molecule has 0 fully saturated rings. The molecule has 0 aliphatic carbocycles. The van der Waals surface area contributed by atoms with Gasteiger partial charge in [-0.05, 0) is 31.2 Å². The maximum Gasteiger partial charge on any atom is 0.268 e. The quantitative estimate of drug-likeness (QED) is 0.697. The molecule has 22 heavy (non-hydrogen) atoms. The van der Waals surface area contributed by atoms with Crippen molar-refractivity contribution in [2.24, 2.45) is 0 Å². The number of nitrogens with zero attached hydrogens (tertiary/aromatic N) is 1. The van der Waals surface area contributed by atoms with Gasteiger partial charge in [0.2, 0.25) is 0 Å². The predicted octanol–water partition coefficient (Wildman–Crippen LogP) is 3.14. The second-order valence-electron chi connectivity index (χ2n) is 4.95. The maximum absolute atomic E-state index is 13.9. The summed E-state index contributed by atoms with van der Waals surface area (Å²) in [5.41, 5.74) is 1.07. The Morgan fingerprint density at radius 3 is 2.41 bits per heavy atom. The SMILES string of the molecule is Cc1ccc(S(=O)(=O)n2cc(C=O)c3c(F)cccc32)cc1. The number of halogens is 1. The molecule has 0 aliphatic rings. The number of carbonyl (C=O) groups excluding carboxylic acids is 1. The third-order valence-corrected chi connectivity index (χ3v) is 5.17. The Bertz CT molecular complexity index is 973. The lowest BCUT2D eigenvalue weighted by molar-refractivity contribution is 0.112. The van der Waals surface area contributed by atoms with Gasteiger partial charge in [0.15, 0.2) is 6.29 Å². The van der Waals surface area contributed by atoms with Gasteiger partial charge >= 0.3 is 0 Å². The summed E-state index contributed by atoms with van der Waals surface area (Å²) in [4.78, 5) is 11.2. The van der Waals surface area contributed by atoms with E-state index in [9.17, 15) is 17.6 Å². The van der Waals surface area contributed by atoms with Crippen LogP contribution in [0.2, 0.25) is 0 Å². The van der Waals surface area contributed by atoms with Crippen LogP contribution in [-0.2, 0) is 10.0 Å². The van der Waals surface area contributed by atoms with Gasteiger partial charge in [0.1, 0.15) is 5.82 Å². The molecular weight excluding hydrogens is 305 g/mol. The molecule has 0 spiro atoms. The number of hydrogen-bond donors (Lipinski definition) is 0. The van der Waals surface area contributed by atoms with Crippen molar-refractivity contribution < 1.29 is 17.6 Å². The Morgan fingerprint density at radius 1 is 1.09 bits per heavy atom. The van der Waals surface area contributed by atoms with Crippen molar-refractivity contribution in [2.45, 2.75) is 11.8 Å². The number of aldehydes is 1. The van der Waals surface area contributed by atoms with Crippen LogP contribution in [0.25, 0.3) is 10.9 Å². The van der Waals surface area contributed by atoms with Gasteiger partial charge in [0.05, 0.1) is 10.4 Å². The zero-order chi connectivity index (χ0) is 15.9. The van der Waals surface area contributed by atoms with E-state index in [-0.39, 0.29) is 21.4 Å². The van der Waals surface area contributed by atoms with Gasteiger partial charge < -0.3 is 0 Å². The molecule has 3 rings (SSSR count). The van der Waals surface area contributed by atoms with Crippen LogP contribution in [0.15, 0.2) is 53.6 Å². The number of aromatic nitrogens is 1. The van der Waals surface area contributed by atoms with Crippen LogP contribution in [0.4, 0.5) is 4.39 Å². The average Bonchev–Trinajstić information content (AvgIpc) is 2.88. The number of fused-ring (bicyclic) bond motifs is 1. The van der Waals surface area contributed by atoms with E-state index >= 15 is 0 Å². The summed E-state index contributed by atoms with van der Waals surface area (Å²) < 4.78 is 40.3. The molecule has 0 amide bonds. The second-order valence-corrected chi connectivity index (χ2v) is 6.77. The van der Waals surface area contributed by atoms with E-state index < -0.39 is 15.8 Å². The van der Waals surface area contributed by atoms with E-state index in [1.807, 2.05) is 6.92 Å². The van der Waals surface area contributed by atoms with Gasteiger partial charge in [-0.3, -0.25) is 4.79 Å². The summed E-state index contributed by atoms with van der Waals surface area (Å²) in [6, 6.07) is 10.4. The molecule has 4 nitrogen and oxygen atoms in total. The number of hydrogen-bond acceptors (Lipinski definition) is 3. The molecule has 2 aromatic carbocycles. The van der Waals surface area contributed by atoms with Gasteiger partial charge in [0, 0.05) is 17.1 Å². The Hall–Kier alpha value is -2.47. The van der Waals surface area contributed by atoms with Gasteiger partial charge in [-0.25, -0.2) is 16.8 Å².